The normalized spacial score (nSPS) is 20.3. The number of benzene rings is 1. The molecule has 0 aromatic heterocycles. The molecule has 24 heavy (non-hydrogen) atoms. The predicted octanol–water partition coefficient (Wildman–Crippen LogP) is 2.88. The third-order valence-corrected chi connectivity index (χ3v) is 3.61. The van der Waals surface area contributed by atoms with Crippen molar-refractivity contribution in [2.45, 2.75) is 45.4 Å². The van der Waals surface area contributed by atoms with Gasteiger partial charge in [0.2, 0.25) is 0 Å². The Kier molecular flexibility index (Phi) is 5.45. The van der Waals surface area contributed by atoms with E-state index >= 15 is 0 Å². The zero-order valence-electron chi connectivity index (χ0n) is 14.2. The van der Waals surface area contributed by atoms with Crippen LogP contribution in [0.3, 0.4) is 0 Å². The zero-order valence-corrected chi connectivity index (χ0v) is 14.2. The molecular formula is C18H22N2O4. The summed E-state index contributed by atoms with van der Waals surface area (Å²) in [5.74, 6) is -0.908. The smallest absolute Gasteiger partial charge is 0.411 e. The van der Waals surface area contributed by atoms with Gasteiger partial charge < -0.3 is 9.47 Å². The fourth-order valence-electron chi connectivity index (χ4n) is 2.50. The summed E-state index contributed by atoms with van der Waals surface area (Å²) in [7, 11) is 0. The van der Waals surface area contributed by atoms with E-state index in [-0.39, 0.29) is 19.6 Å². The largest absolute Gasteiger partial charge is 0.459 e. The molecule has 1 heterocycles. The summed E-state index contributed by atoms with van der Waals surface area (Å²) < 4.78 is 10.6. The molecule has 0 bridgehead atoms. The molecule has 1 amide bonds. The van der Waals surface area contributed by atoms with Crippen molar-refractivity contribution in [3.63, 3.8) is 0 Å². The summed E-state index contributed by atoms with van der Waals surface area (Å²) in [5.41, 5.74) is 0.199. The highest BCUT2D eigenvalue weighted by Gasteiger charge is 2.42. The van der Waals surface area contributed by atoms with Crippen LogP contribution in [0.15, 0.2) is 30.3 Å². The van der Waals surface area contributed by atoms with E-state index in [0.29, 0.717) is 0 Å². The summed E-state index contributed by atoms with van der Waals surface area (Å²) in [6.07, 6.45) is -0.328. The van der Waals surface area contributed by atoms with Crippen LogP contribution < -0.4 is 0 Å². The monoisotopic (exact) mass is 330 g/mol. The maximum Gasteiger partial charge on any atom is 0.411 e. The Morgan fingerprint density at radius 3 is 2.54 bits per heavy atom. The van der Waals surface area contributed by atoms with Crippen LogP contribution in [0.25, 0.3) is 0 Å². The van der Waals surface area contributed by atoms with Crippen LogP contribution in [0, 0.1) is 17.2 Å². The lowest BCUT2D eigenvalue weighted by atomic mass is 10.1. The third-order valence-electron chi connectivity index (χ3n) is 3.61. The Morgan fingerprint density at radius 1 is 1.29 bits per heavy atom. The van der Waals surface area contributed by atoms with Gasteiger partial charge in [-0.25, -0.2) is 9.59 Å². The van der Waals surface area contributed by atoms with E-state index in [9.17, 15) is 9.59 Å². The van der Waals surface area contributed by atoms with Crippen LogP contribution in [0.1, 0.15) is 32.8 Å². The first-order chi connectivity index (χ1) is 11.3. The number of esters is 1. The standard InChI is InChI=1S/C18H22N2O4/c1-18(2,3)24-17(22)20-11-14(10-19)9-15(20)16(21)23-12-13-7-5-4-6-8-13/h4-8,14-15H,9,11-12H2,1-3H3/t14?,15-/m0/s1. The average molecular weight is 330 g/mol. The number of hydrogen-bond acceptors (Lipinski definition) is 5. The van der Waals surface area contributed by atoms with Crippen molar-refractivity contribution in [1.82, 2.24) is 4.90 Å². The van der Waals surface area contributed by atoms with E-state index in [1.807, 2.05) is 30.3 Å². The van der Waals surface area contributed by atoms with E-state index in [4.69, 9.17) is 14.7 Å². The number of rotatable bonds is 3. The van der Waals surface area contributed by atoms with Crippen LogP contribution >= 0.6 is 0 Å². The van der Waals surface area contributed by atoms with E-state index in [2.05, 4.69) is 6.07 Å². The van der Waals surface area contributed by atoms with Gasteiger partial charge in [-0.3, -0.25) is 4.90 Å². The van der Waals surface area contributed by atoms with Gasteiger partial charge in [-0.2, -0.15) is 5.26 Å². The first kappa shape index (κ1) is 17.8. The number of nitriles is 1. The van der Waals surface area contributed by atoms with Gasteiger partial charge in [-0.15, -0.1) is 0 Å². The molecule has 0 saturated carbocycles. The van der Waals surface area contributed by atoms with Gasteiger partial charge in [0.05, 0.1) is 12.0 Å². The van der Waals surface area contributed by atoms with Gasteiger partial charge in [-0.05, 0) is 32.8 Å². The molecule has 1 unspecified atom stereocenters. The highest BCUT2D eigenvalue weighted by Crippen LogP contribution is 2.26. The Hall–Kier alpha value is -2.55. The van der Waals surface area contributed by atoms with Gasteiger partial charge in [-0.1, -0.05) is 30.3 Å². The molecule has 1 aliphatic rings. The minimum absolute atomic E-state index is 0.134. The highest BCUT2D eigenvalue weighted by molar-refractivity contribution is 5.82. The van der Waals surface area contributed by atoms with Crippen molar-refractivity contribution >= 4 is 12.1 Å². The lowest BCUT2D eigenvalue weighted by Gasteiger charge is -2.27. The number of ether oxygens (including phenoxy) is 2. The fourth-order valence-corrected chi connectivity index (χ4v) is 2.50. The Labute approximate surface area is 142 Å². The Morgan fingerprint density at radius 2 is 1.96 bits per heavy atom. The third kappa shape index (κ3) is 4.72. The molecule has 1 saturated heterocycles. The zero-order chi connectivity index (χ0) is 17.7. The number of carbonyl (C=O) groups is 2. The molecule has 0 spiro atoms. The summed E-state index contributed by atoms with van der Waals surface area (Å²) in [5, 5.41) is 9.12. The van der Waals surface area contributed by atoms with Crippen molar-refractivity contribution in [1.29, 1.82) is 5.26 Å². The molecule has 0 N–H and O–H groups in total. The predicted molar refractivity (Wildman–Crippen MR) is 86.7 cm³/mol. The van der Waals surface area contributed by atoms with Gasteiger partial charge in [0.15, 0.2) is 0 Å². The van der Waals surface area contributed by atoms with Crippen LogP contribution in [0.5, 0.6) is 0 Å². The van der Waals surface area contributed by atoms with Crippen LogP contribution in [0.2, 0.25) is 0 Å². The second kappa shape index (κ2) is 7.35. The molecule has 0 radical (unpaired) electrons. The molecule has 1 fully saturated rings. The second-order valence-electron chi connectivity index (χ2n) is 6.80. The molecule has 2 atom stereocenters. The molecule has 1 aliphatic heterocycles. The molecule has 1 aromatic carbocycles. The average Bonchev–Trinajstić information content (AvgIpc) is 2.96. The topological polar surface area (TPSA) is 79.6 Å². The summed E-state index contributed by atoms with van der Waals surface area (Å²) in [6.45, 7) is 5.58. The van der Waals surface area contributed by atoms with Crippen LogP contribution in [-0.2, 0) is 20.9 Å². The molecule has 6 nitrogen and oxygen atoms in total. The second-order valence-corrected chi connectivity index (χ2v) is 6.80. The van der Waals surface area contributed by atoms with Crippen molar-refractivity contribution < 1.29 is 19.1 Å². The minimum Gasteiger partial charge on any atom is -0.459 e. The summed E-state index contributed by atoms with van der Waals surface area (Å²) in [4.78, 5) is 26.0. The van der Waals surface area contributed by atoms with Gasteiger partial charge in [0.1, 0.15) is 18.2 Å². The number of carbonyl (C=O) groups excluding carboxylic acids is 2. The lowest BCUT2D eigenvalue weighted by Crippen LogP contribution is -2.44. The maximum atomic E-state index is 12.4. The van der Waals surface area contributed by atoms with Crippen LogP contribution in [0.4, 0.5) is 4.79 Å². The van der Waals surface area contributed by atoms with Gasteiger partial charge in [0.25, 0.3) is 0 Å². The SMILES string of the molecule is CC(C)(C)OC(=O)N1CC(C#N)C[C@H]1C(=O)OCc1ccccc1. The first-order valence-electron chi connectivity index (χ1n) is 7.90. The van der Waals surface area contributed by atoms with E-state index in [0.717, 1.165) is 5.56 Å². The quantitative estimate of drug-likeness (QED) is 0.796. The molecule has 128 valence electrons. The van der Waals surface area contributed by atoms with Crippen molar-refractivity contribution in [3.8, 4) is 6.07 Å². The number of nitrogens with zero attached hydrogens (tertiary/aromatic N) is 2. The minimum atomic E-state index is -0.784. The number of hydrogen-bond donors (Lipinski definition) is 0. The molecule has 6 heteroatoms. The summed E-state index contributed by atoms with van der Waals surface area (Å²) >= 11 is 0. The Balaban J connectivity index is 2.03. The van der Waals surface area contributed by atoms with Gasteiger partial charge >= 0.3 is 12.1 Å². The fraction of sp³-hybridized carbons (Fsp3) is 0.500. The molecule has 2 rings (SSSR count). The number of likely N-dealkylation sites (tertiary alicyclic amines) is 1. The Bertz CT molecular complexity index is 631. The van der Waals surface area contributed by atoms with Gasteiger partial charge in [0, 0.05) is 6.54 Å². The molecule has 0 aliphatic carbocycles. The lowest BCUT2D eigenvalue weighted by molar-refractivity contribution is -0.150. The van der Waals surface area contributed by atoms with E-state index in [1.54, 1.807) is 20.8 Å². The van der Waals surface area contributed by atoms with Crippen molar-refractivity contribution in [2.75, 3.05) is 6.54 Å². The summed E-state index contributed by atoms with van der Waals surface area (Å²) in [6, 6.07) is 10.6. The highest BCUT2D eigenvalue weighted by atomic mass is 16.6. The van der Waals surface area contributed by atoms with Crippen LogP contribution in [-0.4, -0.2) is 35.2 Å². The first-order valence-corrected chi connectivity index (χ1v) is 7.90. The molecular weight excluding hydrogens is 308 g/mol. The number of amides is 1. The van der Waals surface area contributed by atoms with Crippen molar-refractivity contribution in [2.24, 2.45) is 5.92 Å². The van der Waals surface area contributed by atoms with E-state index < -0.39 is 29.6 Å². The van der Waals surface area contributed by atoms with Crippen molar-refractivity contribution in [3.05, 3.63) is 35.9 Å². The van der Waals surface area contributed by atoms with E-state index in [1.165, 1.54) is 4.90 Å². The maximum absolute atomic E-state index is 12.4. The molecule has 1 aromatic rings.